The van der Waals surface area contributed by atoms with Crippen molar-refractivity contribution in [1.29, 1.82) is 0 Å². The predicted molar refractivity (Wildman–Crippen MR) is 141 cm³/mol. The quantitative estimate of drug-likeness (QED) is 0.325. The van der Waals surface area contributed by atoms with Gasteiger partial charge in [0.05, 0.1) is 11.3 Å². The number of hydrogen-bond acceptors (Lipinski definition) is 6. The summed E-state index contributed by atoms with van der Waals surface area (Å²) in [6.45, 7) is 5.84. The molecule has 1 fully saturated rings. The number of likely N-dealkylation sites (N-methyl/N-ethyl adjacent to an activating group) is 1. The maximum absolute atomic E-state index is 13.2. The van der Waals surface area contributed by atoms with Gasteiger partial charge in [-0.3, -0.25) is 19.8 Å². The van der Waals surface area contributed by atoms with Crippen molar-refractivity contribution in [2.45, 2.75) is 44.7 Å². The van der Waals surface area contributed by atoms with Gasteiger partial charge in [-0.05, 0) is 57.3 Å². The monoisotopic (exact) mass is 556 g/mol. The Morgan fingerprint density at radius 1 is 1.13 bits per heavy atom. The molecule has 4 rings (SSSR count). The lowest BCUT2D eigenvalue weighted by molar-refractivity contribution is -0.752. The summed E-state index contributed by atoms with van der Waals surface area (Å²) in [5.41, 5.74) is 2.61. The summed E-state index contributed by atoms with van der Waals surface area (Å²) in [5, 5.41) is 6.85. The van der Waals surface area contributed by atoms with Crippen LogP contribution in [0, 0.1) is 13.8 Å². The smallest absolute Gasteiger partial charge is 0.289 e. The average molecular weight is 557 g/mol. The maximum Gasteiger partial charge on any atom is 0.289 e. The van der Waals surface area contributed by atoms with Crippen LogP contribution in [0.1, 0.15) is 30.2 Å². The van der Waals surface area contributed by atoms with E-state index in [0.717, 1.165) is 11.1 Å². The van der Waals surface area contributed by atoms with Crippen LogP contribution >= 0.6 is 12.2 Å². The molecule has 0 spiro atoms. The number of nitrogens with one attached hydrogen (secondary N) is 1. The van der Waals surface area contributed by atoms with Gasteiger partial charge in [-0.2, -0.15) is 8.42 Å². The number of nitrogens with zero attached hydrogens (tertiary/aromatic N) is 5. The lowest BCUT2D eigenvalue weighted by Gasteiger charge is -2.22. The number of carbonyl (C=O) groups excluding carboxylic acids is 2. The molecule has 2 heterocycles. The normalized spacial score (nSPS) is 16.4. The van der Waals surface area contributed by atoms with Gasteiger partial charge in [0.25, 0.3) is 27.2 Å². The number of rotatable bonds is 8. The Morgan fingerprint density at radius 3 is 2.34 bits per heavy atom. The van der Waals surface area contributed by atoms with E-state index in [4.69, 9.17) is 16.7 Å². The molecule has 0 aliphatic carbocycles. The first-order chi connectivity index (χ1) is 18.0. The number of aromatic nitrogens is 2. The number of benzene rings is 2. The van der Waals surface area contributed by atoms with Crippen LogP contribution in [0.2, 0.25) is 0 Å². The predicted octanol–water partition coefficient (Wildman–Crippen LogP) is 1.31. The SMILES string of the molecule is CCN1C(=O)C(CC(=O)Nc2ccc(C)cc2)N(Cc2/c(=N/S(=O)(=O)c3ccc(C)cc3)o[n-][n+]2C)C1=S. The molecule has 11 nitrogen and oxygen atoms in total. The summed E-state index contributed by atoms with van der Waals surface area (Å²) in [5.74, 6) is -0.680. The summed E-state index contributed by atoms with van der Waals surface area (Å²) >= 11 is 5.56. The number of aryl methyl sites for hydroxylation is 3. The summed E-state index contributed by atoms with van der Waals surface area (Å²) in [6.07, 6.45) is -0.160. The molecule has 1 N–H and O–H groups in total. The zero-order valence-corrected chi connectivity index (χ0v) is 23.0. The van der Waals surface area contributed by atoms with Crippen molar-refractivity contribution in [2.24, 2.45) is 11.4 Å². The molecule has 1 aliphatic rings. The molecule has 3 aromatic rings. The summed E-state index contributed by atoms with van der Waals surface area (Å²) in [7, 11) is -2.53. The van der Waals surface area contributed by atoms with Crippen LogP contribution in [-0.4, -0.2) is 47.7 Å². The van der Waals surface area contributed by atoms with E-state index < -0.39 is 16.1 Å². The second-order valence-electron chi connectivity index (χ2n) is 8.95. The molecule has 0 radical (unpaired) electrons. The second-order valence-corrected chi connectivity index (χ2v) is 10.9. The fraction of sp³-hybridized carbons (Fsp3) is 0.320. The lowest BCUT2D eigenvalue weighted by atomic mass is 10.1. The van der Waals surface area contributed by atoms with Gasteiger partial charge < -0.3 is 14.7 Å². The van der Waals surface area contributed by atoms with E-state index in [1.807, 2.05) is 26.0 Å². The Balaban J connectivity index is 1.63. The molecule has 0 bridgehead atoms. The standard InChI is InChI=1S/C25H28N6O5S2/c1-5-30-24(33)20(14-22(32)26-18-10-6-16(2)7-11-18)31(25(30)37)15-21-23(36-28-29(21)4)27-38(34,35)19-12-8-17(3)9-13-19/h6-13,20H,5,14-15H2,1-4H3,(H,26,32)/b27-23-. The van der Waals surface area contributed by atoms with Gasteiger partial charge in [0.1, 0.15) is 19.6 Å². The van der Waals surface area contributed by atoms with Crippen LogP contribution in [0.5, 0.6) is 0 Å². The third kappa shape index (κ3) is 5.68. The summed E-state index contributed by atoms with van der Waals surface area (Å²) in [6, 6.07) is 12.7. The first-order valence-corrected chi connectivity index (χ1v) is 13.7. The van der Waals surface area contributed by atoms with Crippen LogP contribution in [0.4, 0.5) is 5.69 Å². The molecule has 1 unspecified atom stereocenters. The van der Waals surface area contributed by atoms with Crippen molar-refractivity contribution in [3.05, 3.63) is 70.9 Å². The zero-order valence-electron chi connectivity index (χ0n) is 21.4. The second kappa shape index (κ2) is 10.9. The molecule has 0 saturated carbocycles. The first kappa shape index (κ1) is 27.2. The summed E-state index contributed by atoms with van der Waals surface area (Å²) < 4.78 is 36.2. The van der Waals surface area contributed by atoms with Crippen molar-refractivity contribution in [1.82, 2.24) is 15.1 Å². The van der Waals surface area contributed by atoms with E-state index in [0.29, 0.717) is 12.2 Å². The van der Waals surface area contributed by atoms with Crippen molar-refractivity contribution < 1.29 is 27.2 Å². The minimum absolute atomic E-state index is 0.00258. The van der Waals surface area contributed by atoms with Gasteiger partial charge in [0, 0.05) is 12.2 Å². The third-order valence-electron chi connectivity index (χ3n) is 6.16. The fourth-order valence-electron chi connectivity index (χ4n) is 4.00. The highest BCUT2D eigenvalue weighted by atomic mass is 32.2. The van der Waals surface area contributed by atoms with Crippen molar-refractivity contribution in [3.63, 3.8) is 0 Å². The van der Waals surface area contributed by atoms with Gasteiger partial charge >= 0.3 is 0 Å². The number of carbonyl (C=O) groups is 2. The Kier molecular flexibility index (Phi) is 7.78. The Bertz CT molecular complexity index is 1540. The zero-order chi connectivity index (χ0) is 27.6. The number of sulfonamides is 1. The number of thiocarbonyl (C=S) groups is 1. The van der Waals surface area contributed by atoms with Gasteiger partial charge in [-0.25, -0.2) is 4.68 Å². The van der Waals surface area contributed by atoms with Gasteiger partial charge in [0.2, 0.25) is 5.91 Å². The van der Waals surface area contributed by atoms with Crippen LogP contribution in [0.15, 0.2) is 62.3 Å². The third-order valence-corrected chi connectivity index (χ3v) is 7.89. The highest BCUT2D eigenvalue weighted by molar-refractivity contribution is 7.90. The van der Waals surface area contributed by atoms with Crippen molar-refractivity contribution in [3.8, 4) is 0 Å². The molecule has 1 saturated heterocycles. The van der Waals surface area contributed by atoms with Crippen molar-refractivity contribution in [2.75, 3.05) is 11.9 Å². The van der Waals surface area contributed by atoms with E-state index in [2.05, 4.69) is 15.0 Å². The molecular formula is C25H28N6O5S2. The highest BCUT2D eigenvalue weighted by Gasteiger charge is 2.44. The topological polar surface area (TPSA) is 130 Å². The Hall–Kier alpha value is -3.84. The Labute approximate surface area is 225 Å². The molecule has 1 atom stereocenters. The van der Waals surface area contributed by atoms with Crippen molar-refractivity contribution >= 4 is 44.9 Å². The highest BCUT2D eigenvalue weighted by Crippen LogP contribution is 2.23. The minimum Gasteiger partial charge on any atom is -0.486 e. The van der Waals surface area contributed by atoms with E-state index >= 15 is 0 Å². The van der Waals surface area contributed by atoms with Gasteiger partial charge in [-0.1, -0.05) is 35.4 Å². The molecule has 200 valence electrons. The van der Waals surface area contributed by atoms with E-state index in [-0.39, 0.29) is 46.0 Å². The molecule has 1 aliphatic heterocycles. The fourth-order valence-corrected chi connectivity index (χ4v) is 5.35. The van der Waals surface area contributed by atoms with Crippen LogP contribution in [0.25, 0.3) is 0 Å². The first-order valence-electron chi connectivity index (χ1n) is 11.9. The van der Waals surface area contributed by atoms with Crippen LogP contribution in [-0.2, 0) is 33.2 Å². The Morgan fingerprint density at radius 2 is 1.74 bits per heavy atom. The average Bonchev–Trinajstić information content (AvgIpc) is 3.31. The minimum atomic E-state index is -4.10. The summed E-state index contributed by atoms with van der Waals surface area (Å²) in [4.78, 5) is 29.0. The number of anilines is 1. The van der Waals surface area contributed by atoms with E-state index in [1.54, 1.807) is 43.1 Å². The largest absolute Gasteiger partial charge is 0.486 e. The lowest BCUT2D eigenvalue weighted by Crippen LogP contribution is -2.45. The molecule has 2 aromatic carbocycles. The molecule has 38 heavy (non-hydrogen) atoms. The maximum atomic E-state index is 13.2. The van der Waals surface area contributed by atoms with Crippen LogP contribution in [0.3, 0.4) is 0 Å². The number of amides is 2. The van der Waals surface area contributed by atoms with Gasteiger partial charge in [-0.15, -0.1) is 4.40 Å². The molecule has 13 heteroatoms. The van der Waals surface area contributed by atoms with Gasteiger partial charge in [0.15, 0.2) is 5.11 Å². The van der Waals surface area contributed by atoms with Crippen LogP contribution < -0.4 is 20.8 Å². The van der Waals surface area contributed by atoms with E-state index in [9.17, 15) is 18.0 Å². The molecule has 1 aromatic heterocycles. The molecule has 2 amide bonds. The molecular weight excluding hydrogens is 528 g/mol. The van der Waals surface area contributed by atoms with E-state index in [1.165, 1.54) is 21.7 Å². The number of hydrogen-bond donors (Lipinski definition) is 1.